The number of aliphatic hydroxyl groups is 2. The van der Waals surface area contributed by atoms with E-state index < -0.39 is 42.5 Å². The van der Waals surface area contributed by atoms with E-state index in [2.05, 4.69) is 33.8 Å². The maximum Gasteiger partial charge on any atom is 0.461 e. The predicted octanol–water partition coefficient (Wildman–Crippen LogP) is 3.10. The van der Waals surface area contributed by atoms with Gasteiger partial charge in [-0.3, -0.25) is 9.59 Å². The molecule has 1 aliphatic carbocycles. The molecule has 0 bridgehead atoms. The van der Waals surface area contributed by atoms with E-state index in [-0.39, 0.29) is 24.9 Å². The summed E-state index contributed by atoms with van der Waals surface area (Å²) in [5.41, 5.74) is 0.217. The Bertz CT molecular complexity index is 795. The average Bonchev–Trinajstić information content (AvgIpc) is 3.00. The highest BCUT2D eigenvalue weighted by Crippen LogP contribution is 2.43. The highest BCUT2D eigenvalue weighted by atomic mass is 16.7. The molecule has 2 saturated heterocycles. The quantitative estimate of drug-likeness (QED) is 0.327. The van der Waals surface area contributed by atoms with E-state index in [0.29, 0.717) is 12.2 Å². The van der Waals surface area contributed by atoms with Gasteiger partial charge in [0.25, 0.3) is 0 Å². The molecule has 6 atom stereocenters. The molecule has 0 spiro atoms. The molecular formula is C26H43BO9. The van der Waals surface area contributed by atoms with Gasteiger partial charge < -0.3 is 33.7 Å². The number of rotatable bonds is 5. The van der Waals surface area contributed by atoms with Crippen molar-refractivity contribution in [1.82, 2.24) is 0 Å². The molecule has 2 heterocycles. The van der Waals surface area contributed by atoms with E-state index in [9.17, 15) is 19.8 Å². The summed E-state index contributed by atoms with van der Waals surface area (Å²) in [6.07, 6.45) is 2.86. The molecule has 0 saturated carbocycles. The zero-order valence-corrected chi connectivity index (χ0v) is 22.5. The van der Waals surface area contributed by atoms with Crippen molar-refractivity contribution in [2.75, 3.05) is 6.61 Å². The lowest BCUT2D eigenvalue weighted by Crippen LogP contribution is -2.60. The molecule has 2 fully saturated rings. The summed E-state index contributed by atoms with van der Waals surface area (Å²) in [6.45, 7) is 10.6. The fourth-order valence-electron chi connectivity index (χ4n) is 5.18. The Morgan fingerprint density at radius 1 is 1.00 bits per heavy atom. The molecule has 9 nitrogen and oxygen atoms in total. The Balaban J connectivity index is 1.68. The van der Waals surface area contributed by atoms with E-state index in [1.807, 2.05) is 0 Å². The molecule has 2 aliphatic heterocycles. The minimum Gasteiger partial charge on any atom is -0.463 e. The highest BCUT2D eigenvalue weighted by Gasteiger charge is 2.53. The Morgan fingerprint density at radius 2 is 1.64 bits per heavy atom. The molecule has 2 N–H and O–H groups in total. The fourth-order valence-corrected chi connectivity index (χ4v) is 5.18. The number of ether oxygens (including phenoxy) is 3. The third kappa shape index (κ3) is 6.89. The lowest BCUT2D eigenvalue weighted by atomic mass is 9.66. The standard InChI is InChI=1S/C26H43BO9/c1-16(28)32-15-20-24(33-17(2)29)22(31)21(30)23(34-20)18-11-7-9-13-19(14-10-8-12-18)27-35-25(3,4)26(5,6)36-27/h11,19-24,30-31H,7-10,12-15H2,1-6H3/b18-11+/t19?,20-,21+,22-,23-,24-/m1/s1. The molecule has 3 aliphatic rings. The zero-order chi connectivity index (χ0) is 26.7. The molecule has 0 aromatic rings. The van der Waals surface area contributed by atoms with Crippen LogP contribution >= 0.6 is 0 Å². The van der Waals surface area contributed by atoms with E-state index in [0.717, 1.165) is 44.1 Å². The van der Waals surface area contributed by atoms with Crippen molar-refractivity contribution in [1.29, 1.82) is 0 Å². The van der Waals surface area contributed by atoms with E-state index in [1.54, 1.807) is 0 Å². The lowest BCUT2D eigenvalue weighted by Gasteiger charge is -2.43. The normalized spacial score (nSPS) is 36.4. The van der Waals surface area contributed by atoms with Crippen LogP contribution in [0, 0.1) is 0 Å². The van der Waals surface area contributed by atoms with Crippen molar-refractivity contribution < 1.29 is 43.3 Å². The summed E-state index contributed by atoms with van der Waals surface area (Å²) >= 11 is 0. The Kier molecular flexibility index (Phi) is 9.66. The van der Waals surface area contributed by atoms with Gasteiger partial charge in [-0.25, -0.2) is 0 Å². The van der Waals surface area contributed by atoms with Gasteiger partial charge in [-0.2, -0.15) is 0 Å². The van der Waals surface area contributed by atoms with Crippen LogP contribution in [0.4, 0.5) is 0 Å². The molecule has 3 rings (SSSR count). The Labute approximate surface area is 215 Å². The first kappa shape index (κ1) is 29.1. The van der Waals surface area contributed by atoms with Crippen LogP contribution in [0.3, 0.4) is 0 Å². The van der Waals surface area contributed by atoms with Crippen molar-refractivity contribution in [2.45, 2.75) is 134 Å². The van der Waals surface area contributed by atoms with Gasteiger partial charge in [0.2, 0.25) is 0 Å². The number of aliphatic hydroxyl groups excluding tert-OH is 2. The third-order valence-corrected chi connectivity index (χ3v) is 7.94. The van der Waals surface area contributed by atoms with Crippen LogP contribution in [-0.4, -0.2) is 77.6 Å². The lowest BCUT2D eigenvalue weighted by molar-refractivity contribution is -0.233. The number of carbonyl (C=O) groups excluding carboxylic acids is 2. The third-order valence-electron chi connectivity index (χ3n) is 7.94. The van der Waals surface area contributed by atoms with Crippen LogP contribution in [0.1, 0.15) is 86.5 Å². The van der Waals surface area contributed by atoms with Crippen LogP contribution in [0.2, 0.25) is 5.82 Å². The summed E-state index contributed by atoms with van der Waals surface area (Å²) in [5, 5.41) is 21.7. The first-order valence-electron chi connectivity index (χ1n) is 13.2. The Hall–Kier alpha value is -1.46. The SMILES string of the molecule is CC(=O)OC[C@H]1O[C@H](/C2=C/CCCC(B3OC(C)(C)C(C)(C)O3)CCCC2)[C@@H](O)[C@@H](O)[C@@H]1OC(C)=O. The number of allylic oxidation sites excluding steroid dienone is 1. The van der Waals surface area contributed by atoms with Crippen LogP contribution in [0.15, 0.2) is 11.6 Å². The number of esters is 2. The van der Waals surface area contributed by atoms with Gasteiger partial charge in [-0.05, 0) is 58.3 Å². The minimum absolute atomic E-state index is 0.184. The van der Waals surface area contributed by atoms with Crippen LogP contribution in [0.25, 0.3) is 0 Å². The van der Waals surface area contributed by atoms with E-state index >= 15 is 0 Å². The average molecular weight is 510 g/mol. The summed E-state index contributed by atoms with van der Waals surface area (Å²) < 4.78 is 29.1. The van der Waals surface area contributed by atoms with Crippen molar-refractivity contribution >= 4 is 19.1 Å². The fraction of sp³-hybridized carbons (Fsp3) is 0.846. The van der Waals surface area contributed by atoms with Crippen molar-refractivity contribution in [3.63, 3.8) is 0 Å². The van der Waals surface area contributed by atoms with Gasteiger partial charge in [0, 0.05) is 13.8 Å². The maximum absolute atomic E-state index is 11.6. The molecule has 0 aromatic carbocycles. The van der Waals surface area contributed by atoms with Crippen LogP contribution in [-0.2, 0) is 33.1 Å². The second kappa shape index (κ2) is 11.9. The van der Waals surface area contributed by atoms with Crippen molar-refractivity contribution in [2.24, 2.45) is 0 Å². The second-order valence-corrected chi connectivity index (χ2v) is 11.3. The monoisotopic (exact) mass is 510 g/mol. The molecular weight excluding hydrogens is 467 g/mol. The first-order chi connectivity index (χ1) is 16.8. The van der Waals surface area contributed by atoms with Gasteiger partial charge >= 0.3 is 19.1 Å². The molecule has 0 aromatic heterocycles. The molecule has 1 unspecified atom stereocenters. The Morgan fingerprint density at radius 3 is 2.25 bits per heavy atom. The van der Waals surface area contributed by atoms with Crippen LogP contribution < -0.4 is 0 Å². The molecule has 0 amide bonds. The number of hydrogen-bond acceptors (Lipinski definition) is 9. The largest absolute Gasteiger partial charge is 0.463 e. The molecule has 204 valence electrons. The predicted molar refractivity (Wildman–Crippen MR) is 133 cm³/mol. The maximum atomic E-state index is 11.6. The van der Waals surface area contributed by atoms with E-state index in [1.165, 1.54) is 13.8 Å². The molecule has 10 heteroatoms. The highest BCUT2D eigenvalue weighted by molar-refractivity contribution is 6.47. The smallest absolute Gasteiger partial charge is 0.461 e. The van der Waals surface area contributed by atoms with Gasteiger partial charge in [-0.1, -0.05) is 31.8 Å². The first-order valence-corrected chi connectivity index (χ1v) is 13.2. The summed E-state index contributed by atoms with van der Waals surface area (Å²) in [5.74, 6) is -0.806. The van der Waals surface area contributed by atoms with Gasteiger partial charge in [0.15, 0.2) is 6.10 Å². The van der Waals surface area contributed by atoms with Crippen molar-refractivity contribution in [3.8, 4) is 0 Å². The van der Waals surface area contributed by atoms with E-state index in [4.69, 9.17) is 23.5 Å². The minimum atomic E-state index is -1.36. The van der Waals surface area contributed by atoms with Crippen molar-refractivity contribution in [3.05, 3.63) is 11.6 Å². The van der Waals surface area contributed by atoms with Gasteiger partial charge in [0.05, 0.1) is 11.2 Å². The van der Waals surface area contributed by atoms with Gasteiger partial charge in [-0.15, -0.1) is 0 Å². The zero-order valence-electron chi connectivity index (χ0n) is 22.5. The number of hydrogen-bond donors (Lipinski definition) is 2. The molecule has 36 heavy (non-hydrogen) atoms. The summed E-state index contributed by atoms with van der Waals surface area (Å²) in [4.78, 5) is 22.9. The van der Waals surface area contributed by atoms with Gasteiger partial charge in [0.1, 0.15) is 31.0 Å². The molecule has 0 radical (unpaired) electrons. The summed E-state index contributed by atoms with van der Waals surface area (Å²) in [6, 6.07) is 0. The topological polar surface area (TPSA) is 121 Å². The second-order valence-electron chi connectivity index (χ2n) is 11.3. The van der Waals surface area contributed by atoms with Crippen LogP contribution in [0.5, 0.6) is 0 Å². The summed E-state index contributed by atoms with van der Waals surface area (Å²) in [7, 11) is -0.211. The number of carbonyl (C=O) groups is 2.